The van der Waals surface area contributed by atoms with E-state index in [0.717, 1.165) is 61.0 Å². The first kappa shape index (κ1) is 43.7. The fraction of sp³-hybridized carbons (Fsp3) is 0.574. The molecule has 3 aliphatic heterocycles. The highest BCUT2D eigenvalue weighted by Crippen LogP contribution is 2.57. The molecule has 2 aliphatic carbocycles. The van der Waals surface area contributed by atoms with Crippen molar-refractivity contribution in [2.24, 2.45) is 16.8 Å². The number of hydrogen-bond donors (Lipinski definition) is 4. The maximum atomic E-state index is 14.1. The van der Waals surface area contributed by atoms with E-state index in [1.807, 2.05) is 32.6 Å². The van der Waals surface area contributed by atoms with Crippen LogP contribution in [-0.4, -0.2) is 127 Å². The van der Waals surface area contributed by atoms with Crippen LogP contribution in [0.5, 0.6) is 0 Å². The first-order chi connectivity index (χ1) is 29.9. The van der Waals surface area contributed by atoms with Crippen LogP contribution in [0.25, 0.3) is 22.4 Å². The van der Waals surface area contributed by atoms with Crippen molar-refractivity contribution in [1.82, 2.24) is 30.4 Å². The van der Waals surface area contributed by atoms with Crippen molar-refractivity contribution >= 4 is 29.8 Å². The van der Waals surface area contributed by atoms with Gasteiger partial charge in [-0.25, -0.2) is 9.78 Å². The molecule has 4 heterocycles. The largest absolute Gasteiger partial charge is 0.453 e. The molecule has 4 N–H and O–H groups in total. The van der Waals surface area contributed by atoms with Gasteiger partial charge in [-0.1, -0.05) is 64.1 Å². The highest BCUT2D eigenvalue weighted by molar-refractivity contribution is 6.37. The van der Waals surface area contributed by atoms with Gasteiger partial charge in [-0.05, 0) is 83.6 Å². The van der Waals surface area contributed by atoms with Crippen LogP contribution < -0.4 is 10.6 Å². The number of alkyl carbamates (subject to hydrolysis) is 1. The molecule has 1 aromatic heterocycles. The number of aromatic amines is 1. The van der Waals surface area contributed by atoms with Crippen LogP contribution in [-0.2, 0) is 28.5 Å². The van der Waals surface area contributed by atoms with E-state index in [1.54, 1.807) is 24.4 Å². The molecule has 4 fully saturated rings. The molecule has 1 spiro atoms. The van der Waals surface area contributed by atoms with Gasteiger partial charge in [0.15, 0.2) is 5.79 Å². The van der Waals surface area contributed by atoms with Crippen molar-refractivity contribution in [3.05, 3.63) is 65.1 Å². The third-order valence-corrected chi connectivity index (χ3v) is 13.6. The van der Waals surface area contributed by atoms with Gasteiger partial charge < -0.3 is 39.0 Å². The summed E-state index contributed by atoms with van der Waals surface area (Å²) in [4.78, 5) is 56.5. The molecule has 8 rings (SSSR count). The van der Waals surface area contributed by atoms with Gasteiger partial charge in [0.2, 0.25) is 11.8 Å². The van der Waals surface area contributed by atoms with Crippen molar-refractivity contribution < 1.29 is 33.3 Å². The lowest BCUT2D eigenvalue weighted by molar-refractivity contribution is -0.153. The average Bonchev–Trinajstić information content (AvgIpc) is 4.14. The third kappa shape index (κ3) is 8.56. The SMILES string of the molecule is COCNC(C(=O)N1CCCC1CN=CC(=N)c1ccc(-c2ccc(-c3cnc(C4CC5(CN4C(=O)C(NC(=O)OC)C(C)C)OCCO5)[nH]3)cc2)c2c1C1CCC2C1)C(C)C. The zero-order valence-electron chi connectivity index (χ0n) is 36.9. The van der Waals surface area contributed by atoms with E-state index in [1.165, 1.54) is 23.8 Å². The zero-order valence-corrected chi connectivity index (χ0v) is 36.9. The fourth-order valence-electron chi connectivity index (χ4n) is 10.5. The summed E-state index contributed by atoms with van der Waals surface area (Å²) in [5, 5.41) is 15.1. The number of ether oxygens (including phenoxy) is 4. The number of amides is 3. The van der Waals surface area contributed by atoms with Crippen LogP contribution in [0.1, 0.15) is 107 Å². The van der Waals surface area contributed by atoms with Crippen molar-refractivity contribution in [3.63, 3.8) is 0 Å². The Balaban J connectivity index is 0.982. The number of nitrogens with one attached hydrogen (secondary N) is 4. The monoisotopic (exact) mass is 850 g/mol. The van der Waals surface area contributed by atoms with E-state index < -0.39 is 24.0 Å². The Morgan fingerprint density at radius 2 is 1.65 bits per heavy atom. The normalized spacial score (nSPS) is 23.5. The predicted octanol–water partition coefficient (Wildman–Crippen LogP) is 6.15. The Kier molecular flexibility index (Phi) is 13.0. The van der Waals surface area contributed by atoms with E-state index >= 15 is 0 Å². The number of fused-ring (bicyclic) bond motifs is 5. The molecular weight excluding hydrogens is 789 g/mol. The molecule has 6 atom stereocenters. The molecule has 15 heteroatoms. The van der Waals surface area contributed by atoms with Crippen LogP contribution in [0.4, 0.5) is 4.79 Å². The molecule has 6 unspecified atom stereocenters. The highest BCUT2D eigenvalue weighted by Gasteiger charge is 2.53. The first-order valence-corrected chi connectivity index (χ1v) is 22.3. The molecule has 2 bridgehead atoms. The number of methoxy groups -OCH3 is 2. The molecule has 62 heavy (non-hydrogen) atoms. The van der Waals surface area contributed by atoms with E-state index in [2.05, 4.69) is 52.0 Å². The zero-order chi connectivity index (χ0) is 43.7. The second-order valence-corrected chi connectivity index (χ2v) is 18.2. The van der Waals surface area contributed by atoms with Crippen molar-refractivity contribution in [3.8, 4) is 22.4 Å². The van der Waals surface area contributed by atoms with Crippen LogP contribution >= 0.6 is 0 Å². The number of carbonyl (C=O) groups excluding carboxylic acids is 3. The molecule has 3 saturated heterocycles. The summed E-state index contributed by atoms with van der Waals surface area (Å²) in [6.45, 7) is 10.5. The van der Waals surface area contributed by atoms with E-state index in [9.17, 15) is 19.8 Å². The number of benzene rings is 2. The standard InChI is InChI=1S/C47H62N8O7/c1-27(2)41(51-26-59-5)44(56)54-17-7-8-33(54)22-49-23-36(48)35-16-15-34(39-31-13-14-32(20-31)40(35)39)29-9-11-30(12-10-29)37-24-50-43(52-37)38-21-47(61-18-19-62-47)25-55(38)45(57)42(28(3)4)53-46(58)60-6/h9-12,15-16,23-24,27-28,31-33,38,41-42,48,51H,7-8,13-14,17-22,25-26H2,1-6H3,(H,50,52)(H,53,58). The quantitative estimate of drug-likeness (QED) is 0.103. The van der Waals surface area contributed by atoms with Gasteiger partial charge in [-0.2, -0.15) is 0 Å². The number of H-pyrrole nitrogens is 1. The average molecular weight is 851 g/mol. The Hall–Kier alpha value is -4.96. The molecule has 332 valence electrons. The summed E-state index contributed by atoms with van der Waals surface area (Å²) in [7, 11) is 2.90. The lowest BCUT2D eigenvalue weighted by Crippen LogP contribution is -2.52. The second-order valence-electron chi connectivity index (χ2n) is 18.2. The summed E-state index contributed by atoms with van der Waals surface area (Å²) in [5.74, 6) is 0.380. The van der Waals surface area contributed by atoms with Crippen molar-refractivity contribution in [1.29, 1.82) is 5.41 Å². The Morgan fingerprint density at radius 3 is 2.34 bits per heavy atom. The van der Waals surface area contributed by atoms with Crippen LogP contribution in [0, 0.1) is 17.2 Å². The summed E-state index contributed by atoms with van der Waals surface area (Å²) < 4.78 is 22.1. The smallest absolute Gasteiger partial charge is 0.407 e. The maximum Gasteiger partial charge on any atom is 0.407 e. The minimum Gasteiger partial charge on any atom is -0.453 e. The first-order valence-electron chi connectivity index (χ1n) is 22.3. The minimum absolute atomic E-state index is 0.0201. The van der Waals surface area contributed by atoms with Crippen molar-refractivity contribution in [2.45, 2.75) is 108 Å². The Labute approximate surface area is 364 Å². The summed E-state index contributed by atoms with van der Waals surface area (Å²) >= 11 is 0. The van der Waals surface area contributed by atoms with Crippen molar-refractivity contribution in [2.75, 3.05) is 53.8 Å². The molecule has 1 saturated carbocycles. The van der Waals surface area contributed by atoms with Crippen LogP contribution in [0.15, 0.2) is 47.6 Å². The maximum absolute atomic E-state index is 14.1. The molecule has 15 nitrogen and oxygen atoms in total. The number of hydrogen-bond acceptors (Lipinski definition) is 11. The number of imidazole rings is 1. The molecular formula is C47H62N8O7. The van der Waals surface area contributed by atoms with Gasteiger partial charge in [0.1, 0.15) is 11.9 Å². The van der Waals surface area contributed by atoms with Gasteiger partial charge in [0.05, 0.1) is 75.9 Å². The van der Waals surface area contributed by atoms with E-state index in [0.29, 0.717) is 56.3 Å². The summed E-state index contributed by atoms with van der Waals surface area (Å²) in [6, 6.07) is 11.2. The lowest BCUT2D eigenvalue weighted by Gasteiger charge is -2.30. The van der Waals surface area contributed by atoms with Crippen LogP contribution in [0.3, 0.4) is 0 Å². The lowest BCUT2D eigenvalue weighted by atomic mass is 9.82. The number of aromatic nitrogens is 2. The molecule has 2 aromatic carbocycles. The van der Waals surface area contributed by atoms with Gasteiger partial charge in [-0.15, -0.1) is 0 Å². The molecule has 3 aromatic rings. The number of carbonyl (C=O) groups is 3. The summed E-state index contributed by atoms with van der Waals surface area (Å²) in [5.41, 5.74) is 8.15. The summed E-state index contributed by atoms with van der Waals surface area (Å²) in [6.07, 6.45) is 8.50. The molecule has 0 radical (unpaired) electrons. The Morgan fingerprint density at radius 1 is 0.952 bits per heavy atom. The number of rotatable bonds is 15. The van der Waals surface area contributed by atoms with Gasteiger partial charge in [0.25, 0.3) is 0 Å². The fourth-order valence-corrected chi connectivity index (χ4v) is 10.5. The van der Waals surface area contributed by atoms with Gasteiger partial charge in [-0.3, -0.25) is 25.3 Å². The molecule has 3 amide bonds. The van der Waals surface area contributed by atoms with Gasteiger partial charge in [0, 0.05) is 31.9 Å². The van der Waals surface area contributed by atoms with Gasteiger partial charge >= 0.3 is 6.09 Å². The van der Waals surface area contributed by atoms with Crippen LogP contribution in [0.2, 0.25) is 0 Å². The second kappa shape index (κ2) is 18.4. The minimum atomic E-state index is -0.930. The number of likely N-dealkylation sites (tertiary alicyclic amines) is 2. The Bertz CT molecular complexity index is 2160. The topological polar surface area (TPSA) is 184 Å². The third-order valence-electron chi connectivity index (χ3n) is 13.6. The molecule has 5 aliphatic rings. The predicted molar refractivity (Wildman–Crippen MR) is 235 cm³/mol. The highest BCUT2D eigenvalue weighted by atomic mass is 16.7. The van der Waals surface area contributed by atoms with E-state index in [-0.39, 0.29) is 42.3 Å². The van der Waals surface area contributed by atoms with E-state index in [4.69, 9.17) is 28.9 Å². The number of nitrogens with zero attached hydrogens (tertiary/aromatic N) is 4. The number of aliphatic imine (C=N–C) groups is 1.